The smallest absolute Gasteiger partial charge is 0.255 e. The van der Waals surface area contributed by atoms with Crippen LogP contribution in [0.1, 0.15) is 10.4 Å². The van der Waals surface area contributed by atoms with E-state index in [1.165, 1.54) is 11.8 Å². The number of fused-ring (bicyclic) bond motifs is 1. The van der Waals surface area contributed by atoms with Crippen molar-refractivity contribution < 1.29 is 9.59 Å². The maximum Gasteiger partial charge on any atom is 0.255 e. The van der Waals surface area contributed by atoms with Crippen molar-refractivity contribution in [1.82, 2.24) is 14.5 Å². The number of hydrogen-bond donors (Lipinski definition) is 2. The van der Waals surface area contributed by atoms with Gasteiger partial charge < -0.3 is 15.2 Å². The minimum atomic E-state index is -0.227. The van der Waals surface area contributed by atoms with Gasteiger partial charge in [0, 0.05) is 42.3 Å². The zero-order chi connectivity index (χ0) is 20.9. The predicted molar refractivity (Wildman–Crippen MR) is 119 cm³/mol. The Balaban J connectivity index is 1.37. The number of carbonyl (C=O) groups excluding carboxylic acids is 2. The number of amides is 2. The van der Waals surface area contributed by atoms with Crippen LogP contribution in [0.25, 0.3) is 10.9 Å². The highest BCUT2D eigenvalue weighted by molar-refractivity contribution is 7.99. The van der Waals surface area contributed by atoms with Crippen molar-refractivity contribution in [2.45, 2.75) is 5.16 Å². The maximum atomic E-state index is 12.6. The van der Waals surface area contributed by atoms with E-state index in [9.17, 15) is 9.59 Å². The summed E-state index contributed by atoms with van der Waals surface area (Å²) in [5.74, 6) is -0.111. The molecule has 0 spiro atoms. The van der Waals surface area contributed by atoms with Crippen molar-refractivity contribution >= 4 is 45.9 Å². The third kappa shape index (κ3) is 4.49. The number of imidazole rings is 1. The van der Waals surface area contributed by atoms with Gasteiger partial charge in [0.1, 0.15) is 0 Å². The van der Waals surface area contributed by atoms with E-state index in [4.69, 9.17) is 0 Å². The summed E-state index contributed by atoms with van der Waals surface area (Å²) in [4.78, 5) is 33.3. The molecule has 0 atom stereocenters. The zero-order valence-electron chi connectivity index (χ0n) is 16.2. The highest BCUT2D eigenvalue weighted by Gasteiger charge is 2.10. The molecule has 0 bridgehead atoms. The molecule has 0 unspecified atom stereocenters. The van der Waals surface area contributed by atoms with Crippen molar-refractivity contribution in [2.75, 3.05) is 16.4 Å². The molecule has 7 nitrogen and oxygen atoms in total. The summed E-state index contributed by atoms with van der Waals surface area (Å²) in [6.07, 6.45) is 5.24. The molecule has 2 amide bonds. The van der Waals surface area contributed by atoms with E-state index >= 15 is 0 Å². The van der Waals surface area contributed by atoms with Crippen molar-refractivity contribution in [1.29, 1.82) is 0 Å². The first-order valence-electron chi connectivity index (χ1n) is 9.25. The first kappa shape index (κ1) is 19.7. The highest BCUT2D eigenvalue weighted by Crippen LogP contribution is 2.22. The van der Waals surface area contributed by atoms with Gasteiger partial charge in [-0.25, -0.2) is 4.98 Å². The van der Waals surface area contributed by atoms with Crippen LogP contribution < -0.4 is 10.6 Å². The molecule has 2 heterocycles. The zero-order valence-corrected chi connectivity index (χ0v) is 17.0. The van der Waals surface area contributed by atoms with E-state index in [1.807, 2.05) is 48.1 Å². The first-order valence-corrected chi connectivity index (χ1v) is 10.2. The number of aryl methyl sites for hydroxylation is 1. The second-order valence-corrected chi connectivity index (χ2v) is 7.51. The van der Waals surface area contributed by atoms with Crippen LogP contribution >= 0.6 is 11.8 Å². The van der Waals surface area contributed by atoms with E-state index < -0.39 is 0 Å². The predicted octanol–water partition coefficient (Wildman–Crippen LogP) is 3.95. The summed E-state index contributed by atoms with van der Waals surface area (Å²) in [7, 11) is 1.88. The average molecular weight is 417 g/mol. The van der Waals surface area contributed by atoms with Crippen LogP contribution in [0.3, 0.4) is 0 Å². The summed E-state index contributed by atoms with van der Waals surface area (Å²) in [5, 5.41) is 7.41. The lowest BCUT2D eigenvalue weighted by Gasteiger charge is -2.09. The van der Waals surface area contributed by atoms with Crippen molar-refractivity contribution in [3.8, 4) is 0 Å². The Labute approximate surface area is 177 Å². The molecule has 2 aromatic carbocycles. The number of carbonyl (C=O) groups is 2. The molecule has 8 heteroatoms. The molecular formula is C22H19N5O2S. The molecule has 30 heavy (non-hydrogen) atoms. The molecule has 0 aliphatic heterocycles. The van der Waals surface area contributed by atoms with Crippen LogP contribution in [0.4, 0.5) is 11.4 Å². The van der Waals surface area contributed by atoms with Gasteiger partial charge in [-0.05, 0) is 48.5 Å². The molecule has 0 saturated carbocycles. The third-order valence-electron chi connectivity index (χ3n) is 4.43. The van der Waals surface area contributed by atoms with Crippen LogP contribution in [0.5, 0.6) is 0 Å². The third-order valence-corrected chi connectivity index (χ3v) is 5.49. The lowest BCUT2D eigenvalue weighted by Crippen LogP contribution is -2.15. The van der Waals surface area contributed by atoms with Crippen LogP contribution in [-0.2, 0) is 11.8 Å². The molecule has 2 aromatic heterocycles. The van der Waals surface area contributed by atoms with Crippen molar-refractivity contribution in [3.63, 3.8) is 0 Å². The number of rotatable bonds is 6. The lowest BCUT2D eigenvalue weighted by molar-refractivity contribution is -0.113. The summed E-state index contributed by atoms with van der Waals surface area (Å²) in [6.45, 7) is 0. The second-order valence-electron chi connectivity index (χ2n) is 6.56. The molecule has 150 valence electrons. The van der Waals surface area contributed by atoms with Crippen LogP contribution in [0.2, 0.25) is 0 Å². The van der Waals surface area contributed by atoms with Crippen LogP contribution in [0.15, 0.2) is 78.3 Å². The number of benzene rings is 2. The summed E-state index contributed by atoms with van der Waals surface area (Å²) < 4.78 is 1.86. The number of hydrogen-bond acceptors (Lipinski definition) is 5. The quantitative estimate of drug-likeness (QED) is 0.464. The fourth-order valence-electron chi connectivity index (χ4n) is 2.93. The normalized spacial score (nSPS) is 10.7. The number of nitrogens with one attached hydrogen (secondary N) is 2. The number of anilines is 2. The second kappa shape index (κ2) is 8.79. The standard InChI is InChI=1S/C22H19N5O2S/c1-27-13-12-24-22(27)30-14-20(28)25-16-9-7-15(8-10-16)21(29)26-19-6-2-5-18-17(19)4-3-11-23-18/h2-13H,14H2,1H3,(H,25,28)(H,26,29). The van der Waals surface area contributed by atoms with E-state index in [0.29, 0.717) is 16.9 Å². The van der Waals surface area contributed by atoms with E-state index in [1.54, 1.807) is 36.7 Å². The fraction of sp³-hybridized carbons (Fsp3) is 0.0909. The molecule has 0 saturated heterocycles. The number of nitrogens with zero attached hydrogens (tertiary/aromatic N) is 3. The maximum absolute atomic E-state index is 12.6. The Morgan fingerprint density at radius 1 is 0.967 bits per heavy atom. The van der Waals surface area contributed by atoms with E-state index in [2.05, 4.69) is 20.6 Å². The van der Waals surface area contributed by atoms with Gasteiger partial charge in [0.05, 0.1) is 17.0 Å². The molecule has 2 N–H and O–H groups in total. The summed E-state index contributed by atoms with van der Waals surface area (Å²) in [5.41, 5.74) is 2.65. The fourth-order valence-corrected chi connectivity index (χ4v) is 3.66. The van der Waals surface area contributed by atoms with Crippen LogP contribution in [-0.4, -0.2) is 32.1 Å². The van der Waals surface area contributed by atoms with Gasteiger partial charge in [-0.2, -0.15) is 0 Å². The molecular weight excluding hydrogens is 398 g/mol. The monoisotopic (exact) mass is 417 g/mol. The largest absolute Gasteiger partial charge is 0.329 e. The minimum Gasteiger partial charge on any atom is -0.329 e. The number of pyridine rings is 1. The number of aromatic nitrogens is 3. The van der Waals surface area contributed by atoms with Gasteiger partial charge in [-0.15, -0.1) is 0 Å². The Kier molecular flexibility index (Phi) is 5.76. The van der Waals surface area contributed by atoms with Gasteiger partial charge in [0.2, 0.25) is 5.91 Å². The molecule has 0 radical (unpaired) electrons. The van der Waals surface area contributed by atoms with Gasteiger partial charge in [0.25, 0.3) is 5.91 Å². The van der Waals surface area contributed by atoms with Gasteiger partial charge in [0.15, 0.2) is 5.16 Å². The molecule has 0 aliphatic rings. The van der Waals surface area contributed by atoms with Gasteiger partial charge in [-0.3, -0.25) is 14.6 Å². The van der Waals surface area contributed by atoms with Gasteiger partial charge >= 0.3 is 0 Å². The molecule has 4 rings (SSSR count). The number of thioether (sulfide) groups is 1. The average Bonchev–Trinajstić information content (AvgIpc) is 3.18. The summed E-state index contributed by atoms with van der Waals surface area (Å²) in [6, 6.07) is 16.1. The first-order chi connectivity index (χ1) is 14.6. The highest BCUT2D eigenvalue weighted by atomic mass is 32.2. The Morgan fingerprint density at radius 2 is 1.80 bits per heavy atom. The van der Waals surface area contributed by atoms with E-state index in [0.717, 1.165) is 16.1 Å². The molecule has 4 aromatic rings. The Bertz CT molecular complexity index is 1200. The van der Waals surface area contributed by atoms with Crippen molar-refractivity contribution in [2.24, 2.45) is 7.05 Å². The molecule has 0 aliphatic carbocycles. The van der Waals surface area contributed by atoms with E-state index in [-0.39, 0.29) is 17.6 Å². The summed E-state index contributed by atoms with van der Waals surface area (Å²) >= 11 is 1.36. The lowest BCUT2D eigenvalue weighted by atomic mass is 10.1. The van der Waals surface area contributed by atoms with Crippen LogP contribution in [0, 0.1) is 0 Å². The minimum absolute atomic E-state index is 0.136. The SMILES string of the molecule is Cn1ccnc1SCC(=O)Nc1ccc(C(=O)Nc2cccc3ncccc23)cc1. The molecule has 0 fully saturated rings. The van der Waals surface area contributed by atoms with Crippen molar-refractivity contribution in [3.05, 3.63) is 78.8 Å². The Morgan fingerprint density at radius 3 is 2.57 bits per heavy atom. The topological polar surface area (TPSA) is 88.9 Å². The Hall–Kier alpha value is -3.65. The van der Waals surface area contributed by atoms with Gasteiger partial charge in [-0.1, -0.05) is 17.8 Å².